The number of alkyl halides is 3. The van der Waals surface area contributed by atoms with Crippen LogP contribution in [0.25, 0.3) is 0 Å². The Hall–Kier alpha value is -1.61. The second-order valence-corrected chi connectivity index (χ2v) is 7.09. The predicted octanol–water partition coefficient (Wildman–Crippen LogP) is 2.79. The second-order valence-electron chi connectivity index (χ2n) is 5.37. The number of carbonyl (C=O) groups is 1. The first-order valence-corrected chi connectivity index (χ1v) is 8.74. The second kappa shape index (κ2) is 7.98. The van der Waals surface area contributed by atoms with Crippen LogP contribution in [0.1, 0.15) is 25.3 Å². The molecule has 0 bridgehead atoms. The van der Waals surface area contributed by atoms with Crippen molar-refractivity contribution in [2.45, 2.75) is 43.8 Å². The molecule has 0 aliphatic heterocycles. The Bertz CT molecular complexity index is 656. The van der Waals surface area contributed by atoms with Crippen molar-refractivity contribution in [2.24, 2.45) is 5.92 Å². The average Bonchev–Trinajstić information content (AvgIpc) is 2.49. The molecule has 0 aromatic heterocycles. The SMILES string of the molecule is CCC[C@@H](C(=O)OC)[C@H](NS(=O)(=O)c1ccc(C)cc1)C(F)(F)F. The Morgan fingerprint density at radius 1 is 1.25 bits per heavy atom. The molecular formula is C15H20F3NO4S. The molecule has 0 saturated carbocycles. The van der Waals surface area contributed by atoms with Crippen molar-refractivity contribution in [1.29, 1.82) is 0 Å². The normalized spacial score (nSPS) is 14.9. The van der Waals surface area contributed by atoms with Gasteiger partial charge in [-0.05, 0) is 25.5 Å². The largest absolute Gasteiger partial charge is 0.469 e. The minimum atomic E-state index is -4.94. The standard InChI is InChI=1S/C15H20F3NO4S/c1-4-5-12(14(20)23-3)13(15(16,17)18)19-24(21,22)11-8-6-10(2)7-9-11/h6-9,12-13,19H,4-5H2,1-3H3/t12-,13+/m1/s1. The molecule has 24 heavy (non-hydrogen) atoms. The van der Waals surface area contributed by atoms with Gasteiger partial charge in [0.2, 0.25) is 10.0 Å². The number of carbonyl (C=O) groups excluding carboxylic acids is 1. The first kappa shape index (κ1) is 20.4. The molecule has 136 valence electrons. The molecule has 2 atom stereocenters. The summed E-state index contributed by atoms with van der Waals surface area (Å²) >= 11 is 0. The van der Waals surface area contributed by atoms with E-state index in [-0.39, 0.29) is 17.7 Å². The fourth-order valence-corrected chi connectivity index (χ4v) is 3.48. The summed E-state index contributed by atoms with van der Waals surface area (Å²) in [5, 5.41) is 0. The third kappa shape index (κ3) is 5.20. The van der Waals surface area contributed by atoms with Crippen molar-refractivity contribution in [3.63, 3.8) is 0 Å². The molecule has 9 heteroatoms. The van der Waals surface area contributed by atoms with E-state index in [0.717, 1.165) is 12.7 Å². The molecule has 0 heterocycles. The third-order valence-corrected chi connectivity index (χ3v) is 4.93. The summed E-state index contributed by atoms with van der Waals surface area (Å²) in [7, 11) is -3.48. The van der Waals surface area contributed by atoms with E-state index in [2.05, 4.69) is 4.74 Å². The van der Waals surface area contributed by atoms with Gasteiger partial charge >= 0.3 is 12.1 Å². The number of aryl methyl sites for hydroxylation is 1. The van der Waals surface area contributed by atoms with Gasteiger partial charge in [0, 0.05) is 0 Å². The Kier molecular flexibility index (Phi) is 6.79. The minimum absolute atomic E-state index is 0.159. The molecule has 1 aromatic carbocycles. The van der Waals surface area contributed by atoms with E-state index < -0.39 is 34.1 Å². The molecular weight excluding hydrogens is 347 g/mol. The Morgan fingerprint density at radius 2 is 1.79 bits per heavy atom. The van der Waals surface area contributed by atoms with E-state index in [0.29, 0.717) is 0 Å². The molecule has 0 fully saturated rings. The third-order valence-electron chi connectivity index (χ3n) is 3.47. The highest BCUT2D eigenvalue weighted by Gasteiger charge is 2.49. The van der Waals surface area contributed by atoms with Crippen LogP contribution in [0.4, 0.5) is 13.2 Å². The number of ether oxygens (including phenoxy) is 1. The zero-order valence-corrected chi connectivity index (χ0v) is 14.4. The van der Waals surface area contributed by atoms with Gasteiger partial charge in [0.15, 0.2) is 0 Å². The number of nitrogens with one attached hydrogen (secondary N) is 1. The molecule has 0 unspecified atom stereocenters. The minimum Gasteiger partial charge on any atom is -0.469 e. The van der Waals surface area contributed by atoms with Crippen LogP contribution in [-0.4, -0.2) is 33.7 Å². The lowest BCUT2D eigenvalue weighted by molar-refractivity contribution is -0.178. The van der Waals surface area contributed by atoms with Crippen LogP contribution < -0.4 is 4.72 Å². The number of benzene rings is 1. The molecule has 0 aliphatic carbocycles. The number of hydrogen-bond donors (Lipinski definition) is 1. The van der Waals surface area contributed by atoms with Gasteiger partial charge in [0.25, 0.3) is 0 Å². The Balaban J connectivity index is 3.22. The lowest BCUT2D eigenvalue weighted by Crippen LogP contribution is -2.52. The quantitative estimate of drug-likeness (QED) is 0.752. The summed E-state index contributed by atoms with van der Waals surface area (Å²) in [4.78, 5) is 11.4. The number of hydrogen-bond acceptors (Lipinski definition) is 4. The Labute approximate surface area is 139 Å². The molecule has 1 aromatic rings. The van der Waals surface area contributed by atoms with Crippen LogP contribution in [0.2, 0.25) is 0 Å². The predicted molar refractivity (Wildman–Crippen MR) is 81.8 cm³/mol. The molecule has 0 amide bonds. The highest BCUT2D eigenvalue weighted by Crippen LogP contribution is 2.30. The van der Waals surface area contributed by atoms with E-state index >= 15 is 0 Å². The van der Waals surface area contributed by atoms with Crippen molar-refractivity contribution >= 4 is 16.0 Å². The smallest absolute Gasteiger partial charge is 0.405 e. The van der Waals surface area contributed by atoms with E-state index in [1.165, 1.54) is 24.3 Å². The monoisotopic (exact) mass is 367 g/mol. The highest BCUT2D eigenvalue weighted by atomic mass is 32.2. The van der Waals surface area contributed by atoms with Crippen molar-refractivity contribution in [1.82, 2.24) is 4.72 Å². The van der Waals surface area contributed by atoms with Crippen LogP contribution >= 0.6 is 0 Å². The number of halogens is 3. The lowest BCUT2D eigenvalue weighted by atomic mass is 9.95. The summed E-state index contributed by atoms with van der Waals surface area (Å²) in [5.74, 6) is -2.76. The first-order chi connectivity index (χ1) is 11.0. The molecule has 1 N–H and O–H groups in total. The summed E-state index contributed by atoms with van der Waals surface area (Å²) in [5.41, 5.74) is 0.764. The number of sulfonamides is 1. The molecule has 0 spiro atoms. The van der Waals surface area contributed by atoms with Crippen molar-refractivity contribution in [3.8, 4) is 0 Å². The fourth-order valence-electron chi connectivity index (χ4n) is 2.21. The van der Waals surface area contributed by atoms with Crippen LogP contribution in [0.3, 0.4) is 0 Å². The maximum absolute atomic E-state index is 13.4. The number of esters is 1. The van der Waals surface area contributed by atoms with Crippen molar-refractivity contribution in [3.05, 3.63) is 29.8 Å². The van der Waals surface area contributed by atoms with Crippen molar-refractivity contribution < 1.29 is 31.1 Å². The topological polar surface area (TPSA) is 72.5 Å². The molecule has 5 nitrogen and oxygen atoms in total. The van der Waals surface area contributed by atoms with Crippen LogP contribution in [0.5, 0.6) is 0 Å². The van der Waals surface area contributed by atoms with Crippen molar-refractivity contribution in [2.75, 3.05) is 7.11 Å². The fraction of sp³-hybridized carbons (Fsp3) is 0.533. The van der Waals surface area contributed by atoms with Gasteiger partial charge in [-0.1, -0.05) is 31.0 Å². The maximum atomic E-state index is 13.4. The zero-order valence-electron chi connectivity index (χ0n) is 13.6. The summed E-state index contributed by atoms with van der Waals surface area (Å²) in [6.45, 7) is 3.31. The molecule has 0 saturated heterocycles. The van der Waals surface area contributed by atoms with Crippen LogP contribution in [-0.2, 0) is 19.6 Å². The number of rotatable bonds is 7. The van der Waals surface area contributed by atoms with Gasteiger partial charge in [-0.15, -0.1) is 0 Å². The molecule has 0 aliphatic rings. The molecule has 1 rings (SSSR count). The summed E-state index contributed by atoms with van der Waals surface area (Å²) in [6.07, 6.45) is -4.84. The molecule has 0 radical (unpaired) electrons. The zero-order chi connectivity index (χ0) is 18.5. The van der Waals surface area contributed by atoms with Gasteiger partial charge < -0.3 is 4.74 Å². The average molecular weight is 367 g/mol. The van der Waals surface area contributed by atoms with Crippen LogP contribution in [0, 0.1) is 12.8 Å². The lowest BCUT2D eigenvalue weighted by Gasteiger charge is -2.27. The van der Waals surface area contributed by atoms with Gasteiger partial charge in [-0.25, -0.2) is 8.42 Å². The maximum Gasteiger partial charge on any atom is 0.405 e. The Morgan fingerprint density at radius 3 is 2.21 bits per heavy atom. The van der Waals surface area contributed by atoms with E-state index in [4.69, 9.17) is 0 Å². The van der Waals surface area contributed by atoms with E-state index in [1.54, 1.807) is 18.6 Å². The highest BCUT2D eigenvalue weighted by molar-refractivity contribution is 7.89. The van der Waals surface area contributed by atoms with E-state index in [9.17, 15) is 26.4 Å². The van der Waals surface area contributed by atoms with Crippen LogP contribution in [0.15, 0.2) is 29.2 Å². The summed E-state index contributed by atoms with van der Waals surface area (Å²) in [6, 6.07) is 2.80. The van der Waals surface area contributed by atoms with Gasteiger partial charge in [0.1, 0.15) is 6.04 Å². The number of methoxy groups -OCH3 is 1. The van der Waals surface area contributed by atoms with Gasteiger partial charge in [-0.3, -0.25) is 4.79 Å². The van der Waals surface area contributed by atoms with Gasteiger partial charge in [-0.2, -0.15) is 17.9 Å². The van der Waals surface area contributed by atoms with Gasteiger partial charge in [0.05, 0.1) is 17.9 Å². The first-order valence-electron chi connectivity index (χ1n) is 7.26. The van der Waals surface area contributed by atoms with E-state index in [1.807, 2.05) is 0 Å². The summed E-state index contributed by atoms with van der Waals surface area (Å²) < 4.78 is 70.6.